The molecule has 3 aromatic rings. The molecule has 6 heteroatoms. The fourth-order valence-corrected chi connectivity index (χ4v) is 3.12. The van der Waals surface area contributed by atoms with Gasteiger partial charge in [0.25, 0.3) is 5.91 Å². The Labute approximate surface area is 153 Å². The molecular formula is C18H16BrN3OS. The third-order valence-electron chi connectivity index (χ3n) is 3.65. The van der Waals surface area contributed by atoms with Crippen LogP contribution >= 0.6 is 27.5 Å². The molecule has 1 N–H and O–H groups in total. The molecule has 0 fully saturated rings. The number of nitrogens with zero attached hydrogens (tertiary/aromatic N) is 2. The minimum absolute atomic E-state index is 0.194. The minimum atomic E-state index is -0.194. The number of aromatic nitrogens is 2. The van der Waals surface area contributed by atoms with Gasteiger partial charge in [0.15, 0.2) is 0 Å². The van der Waals surface area contributed by atoms with Gasteiger partial charge in [0.1, 0.15) is 10.6 Å². The van der Waals surface area contributed by atoms with E-state index in [9.17, 15) is 4.79 Å². The number of carbonyl (C=O) groups is 1. The number of anilines is 1. The maximum absolute atomic E-state index is 12.6. The van der Waals surface area contributed by atoms with Crippen LogP contribution in [-0.4, -0.2) is 15.5 Å². The third kappa shape index (κ3) is 3.71. The molecule has 0 unspecified atom stereocenters. The van der Waals surface area contributed by atoms with Crippen LogP contribution in [0.2, 0.25) is 0 Å². The van der Waals surface area contributed by atoms with Crippen molar-refractivity contribution in [3.63, 3.8) is 0 Å². The quantitative estimate of drug-likeness (QED) is 0.641. The van der Waals surface area contributed by atoms with Crippen LogP contribution in [0, 0.1) is 0 Å². The smallest absolute Gasteiger partial charge is 0.269 e. The average molecular weight is 402 g/mol. The fourth-order valence-electron chi connectivity index (χ4n) is 2.28. The van der Waals surface area contributed by atoms with Crippen LogP contribution in [0.4, 0.5) is 5.69 Å². The van der Waals surface area contributed by atoms with Crippen molar-refractivity contribution in [2.45, 2.75) is 19.8 Å². The van der Waals surface area contributed by atoms with E-state index in [0.717, 1.165) is 27.3 Å². The predicted molar refractivity (Wildman–Crippen MR) is 102 cm³/mol. The summed E-state index contributed by atoms with van der Waals surface area (Å²) in [7, 11) is 0. The number of benzene rings is 2. The van der Waals surface area contributed by atoms with Crippen LogP contribution in [-0.2, 0) is 0 Å². The van der Waals surface area contributed by atoms with E-state index in [1.807, 2.05) is 48.5 Å². The van der Waals surface area contributed by atoms with Gasteiger partial charge >= 0.3 is 0 Å². The number of amides is 1. The average Bonchev–Trinajstić information content (AvgIpc) is 3.06. The maximum atomic E-state index is 12.6. The molecule has 2 aromatic carbocycles. The van der Waals surface area contributed by atoms with Gasteiger partial charge in [-0.25, -0.2) is 0 Å². The van der Waals surface area contributed by atoms with E-state index >= 15 is 0 Å². The lowest BCUT2D eigenvalue weighted by Crippen LogP contribution is -2.11. The molecular weight excluding hydrogens is 386 g/mol. The molecule has 0 saturated carbocycles. The molecule has 122 valence electrons. The summed E-state index contributed by atoms with van der Waals surface area (Å²) in [5.41, 5.74) is 3.47. The van der Waals surface area contributed by atoms with Crippen LogP contribution in [0.15, 0.2) is 53.0 Å². The van der Waals surface area contributed by atoms with E-state index in [2.05, 4.69) is 44.7 Å². The van der Waals surface area contributed by atoms with Gasteiger partial charge in [-0.05, 0) is 47.3 Å². The van der Waals surface area contributed by atoms with Gasteiger partial charge in [-0.15, -0.1) is 5.10 Å². The predicted octanol–water partition coefficient (Wildman–Crippen LogP) is 5.34. The van der Waals surface area contributed by atoms with Crippen molar-refractivity contribution in [3.8, 4) is 11.3 Å². The van der Waals surface area contributed by atoms with E-state index in [4.69, 9.17) is 0 Å². The molecule has 0 radical (unpaired) electrons. The van der Waals surface area contributed by atoms with Crippen LogP contribution in [0.5, 0.6) is 0 Å². The second-order valence-electron chi connectivity index (χ2n) is 5.69. The number of halogens is 1. The van der Waals surface area contributed by atoms with E-state index in [-0.39, 0.29) is 5.91 Å². The lowest BCUT2D eigenvalue weighted by Gasteiger charge is -2.08. The minimum Gasteiger partial charge on any atom is -0.321 e. The Balaban J connectivity index is 1.81. The zero-order valence-electron chi connectivity index (χ0n) is 13.3. The van der Waals surface area contributed by atoms with Gasteiger partial charge in [-0.2, -0.15) is 0 Å². The highest BCUT2D eigenvalue weighted by Crippen LogP contribution is 2.26. The van der Waals surface area contributed by atoms with Crippen LogP contribution in [0.1, 0.15) is 35.0 Å². The van der Waals surface area contributed by atoms with E-state index in [1.54, 1.807) is 0 Å². The molecule has 1 heterocycles. The first-order chi connectivity index (χ1) is 11.5. The van der Waals surface area contributed by atoms with Crippen LogP contribution in [0.25, 0.3) is 11.3 Å². The van der Waals surface area contributed by atoms with Crippen molar-refractivity contribution >= 4 is 39.1 Å². The number of carbonyl (C=O) groups excluding carboxylic acids is 1. The first kappa shape index (κ1) is 16.8. The topological polar surface area (TPSA) is 54.9 Å². The SMILES string of the molecule is CC(C)c1ccc(NC(=O)c2snnc2-c2ccc(Br)cc2)cc1. The summed E-state index contributed by atoms with van der Waals surface area (Å²) in [5.74, 6) is 0.268. The zero-order chi connectivity index (χ0) is 17.1. The molecule has 0 saturated heterocycles. The fraction of sp³-hybridized carbons (Fsp3) is 0.167. The highest BCUT2D eigenvalue weighted by molar-refractivity contribution is 9.10. The highest BCUT2D eigenvalue weighted by Gasteiger charge is 2.18. The summed E-state index contributed by atoms with van der Waals surface area (Å²) >= 11 is 4.50. The van der Waals surface area contributed by atoms with Gasteiger partial charge in [0.2, 0.25) is 0 Å². The molecule has 0 aliphatic rings. The Bertz CT molecular complexity index is 841. The van der Waals surface area contributed by atoms with Crippen molar-refractivity contribution in [1.82, 2.24) is 9.59 Å². The second kappa shape index (κ2) is 7.23. The normalized spacial score (nSPS) is 10.8. The van der Waals surface area contributed by atoms with E-state index < -0.39 is 0 Å². The summed E-state index contributed by atoms with van der Waals surface area (Å²) in [6, 6.07) is 15.6. The summed E-state index contributed by atoms with van der Waals surface area (Å²) in [6.45, 7) is 4.28. The molecule has 1 aromatic heterocycles. The van der Waals surface area contributed by atoms with Gasteiger partial charge in [0, 0.05) is 15.7 Å². The summed E-state index contributed by atoms with van der Waals surface area (Å²) in [4.78, 5) is 13.1. The molecule has 0 atom stereocenters. The van der Waals surface area contributed by atoms with E-state index in [0.29, 0.717) is 16.5 Å². The lowest BCUT2D eigenvalue weighted by atomic mass is 10.0. The van der Waals surface area contributed by atoms with Crippen molar-refractivity contribution < 1.29 is 4.79 Å². The summed E-state index contributed by atoms with van der Waals surface area (Å²) in [6.07, 6.45) is 0. The molecule has 0 spiro atoms. The number of hydrogen-bond acceptors (Lipinski definition) is 4. The molecule has 24 heavy (non-hydrogen) atoms. The summed E-state index contributed by atoms with van der Waals surface area (Å²) in [5, 5.41) is 7.02. The van der Waals surface area contributed by atoms with Crippen LogP contribution < -0.4 is 5.32 Å². The molecule has 0 bridgehead atoms. The van der Waals surface area contributed by atoms with Gasteiger partial charge in [0.05, 0.1) is 0 Å². The van der Waals surface area contributed by atoms with Gasteiger partial charge in [-0.1, -0.05) is 58.5 Å². The molecule has 3 rings (SSSR count). The van der Waals surface area contributed by atoms with Crippen molar-refractivity contribution in [1.29, 1.82) is 0 Å². The Kier molecular flexibility index (Phi) is 5.06. The molecule has 4 nitrogen and oxygen atoms in total. The third-order valence-corrected chi connectivity index (χ3v) is 4.90. The van der Waals surface area contributed by atoms with Crippen LogP contribution in [0.3, 0.4) is 0 Å². The second-order valence-corrected chi connectivity index (χ2v) is 7.36. The maximum Gasteiger partial charge on any atom is 0.269 e. The van der Waals surface area contributed by atoms with Gasteiger partial charge in [-0.3, -0.25) is 4.79 Å². The van der Waals surface area contributed by atoms with Gasteiger partial charge < -0.3 is 5.32 Å². The number of hydrogen-bond donors (Lipinski definition) is 1. The Hall–Kier alpha value is -2.05. The van der Waals surface area contributed by atoms with E-state index in [1.165, 1.54) is 5.56 Å². The molecule has 1 amide bonds. The number of rotatable bonds is 4. The highest BCUT2D eigenvalue weighted by atomic mass is 79.9. The zero-order valence-corrected chi connectivity index (χ0v) is 15.7. The Morgan fingerprint density at radius 1 is 1.08 bits per heavy atom. The van der Waals surface area contributed by atoms with Crippen molar-refractivity contribution in [2.24, 2.45) is 0 Å². The molecule has 0 aliphatic heterocycles. The Morgan fingerprint density at radius 3 is 2.38 bits per heavy atom. The monoisotopic (exact) mass is 401 g/mol. The summed E-state index contributed by atoms with van der Waals surface area (Å²) < 4.78 is 4.92. The van der Waals surface area contributed by atoms with Crippen molar-refractivity contribution in [2.75, 3.05) is 5.32 Å². The van der Waals surface area contributed by atoms with Crippen molar-refractivity contribution in [3.05, 3.63) is 63.4 Å². The lowest BCUT2D eigenvalue weighted by molar-refractivity contribution is 0.103. The standard InChI is InChI=1S/C18H16BrN3OS/c1-11(2)12-5-9-15(10-6-12)20-18(23)17-16(21-22-24-17)13-3-7-14(19)8-4-13/h3-11H,1-2H3,(H,20,23). The largest absolute Gasteiger partial charge is 0.321 e. The molecule has 0 aliphatic carbocycles. The number of nitrogens with one attached hydrogen (secondary N) is 1. The first-order valence-corrected chi connectivity index (χ1v) is 9.11. The Morgan fingerprint density at radius 2 is 1.75 bits per heavy atom. The first-order valence-electron chi connectivity index (χ1n) is 7.54.